The summed E-state index contributed by atoms with van der Waals surface area (Å²) in [4.78, 5) is 33.8. The molecule has 1 N–H and O–H groups in total. The molecule has 2 aliphatic rings. The zero-order chi connectivity index (χ0) is 34.2. The first-order valence-corrected chi connectivity index (χ1v) is 17.3. The summed E-state index contributed by atoms with van der Waals surface area (Å²) in [6, 6.07) is 21.2. The summed E-state index contributed by atoms with van der Waals surface area (Å²) in [6.07, 6.45) is 4.11. The zero-order valence-corrected chi connectivity index (χ0v) is 28.8. The van der Waals surface area contributed by atoms with E-state index in [1.807, 2.05) is 54.7 Å². The molecular weight excluding hydrogens is 663 g/mol. The quantitative estimate of drug-likeness (QED) is 0.0963. The number of aliphatic carboxylic acids is 1. The number of hydrogen-bond donors (Lipinski definition) is 1. The average molecular weight is 700 g/mol. The summed E-state index contributed by atoms with van der Waals surface area (Å²) in [5.41, 5.74) is 4.24. The Labute approximate surface area is 294 Å². The number of nitrogens with zero attached hydrogens (tertiary/aromatic N) is 3. The van der Waals surface area contributed by atoms with E-state index in [2.05, 4.69) is 16.0 Å². The van der Waals surface area contributed by atoms with Crippen LogP contribution in [0.4, 0.5) is 0 Å². The number of morpholine rings is 1. The summed E-state index contributed by atoms with van der Waals surface area (Å²) >= 11 is 6.89. The van der Waals surface area contributed by atoms with Crippen molar-refractivity contribution in [3.63, 3.8) is 0 Å². The van der Waals surface area contributed by atoms with Gasteiger partial charge >= 0.3 is 5.97 Å². The van der Waals surface area contributed by atoms with Gasteiger partial charge in [-0.3, -0.25) is 24.4 Å². The van der Waals surface area contributed by atoms with Crippen LogP contribution in [0.25, 0.3) is 28.1 Å². The number of amides is 1. The number of ether oxygens (including phenoxy) is 4. The van der Waals surface area contributed by atoms with Gasteiger partial charge in [-0.15, -0.1) is 0 Å². The molecule has 254 valence electrons. The van der Waals surface area contributed by atoms with Gasteiger partial charge in [0.15, 0.2) is 11.5 Å². The highest BCUT2D eigenvalue weighted by Gasteiger charge is 2.32. The van der Waals surface area contributed by atoms with Gasteiger partial charge in [-0.05, 0) is 60.0 Å². The molecule has 0 spiro atoms. The second-order valence-corrected chi connectivity index (χ2v) is 13.2. The fraction of sp³-hybridized carbons (Fsp3) is 0.297. The number of para-hydroxylation sites is 1. The molecule has 0 radical (unpaired) electrons. The number of thioether (sulfide) groups is 1. The van der Waals surface area contributed by atoms with Gasteiger partial charge in [-0.1, -0.05) is 54.3 Å². The number of hydrogen-bond acceptors (Lipinski definition) is 10. The van der Waals surface area contributed by atoms with Gasteiger partial charge in [0.2, 0.25) is 0 Å². The van der Waals surface area contributed by atoms with Crippen molar-refractivity contribution in [3.05, 3.63) is 89.0 Å². The molecule has 0 unspecified atom stereocenters. The molecule has 1 amide bonds. The molecule has 6 rings (SSSR count). The number of carboxylic acid groups (broad SMARTS) is 1. The number of carboxylic acids is 1. The normalized spacial score (nSPS) is 16.0. The van der Waals surface area contributed by atoms with Crippen molar-refractivity contribution < 1.29 is 33.6 Å². The Balaban J connectivity index is 1.16. The van der Waals surface area contributed by atoms with Gasteiger partial charge in [-0.25, -0.2) is 0 Å². The maximum Gasteiger partial charge on any atom is 0.307 e. The number of rotatable bonds is 14. The molecule has 2 fully saturated rings. The van der Waals surface area contributed by atoms with Crippen LogP contribution in [0.1, 0.15) is 17.5 Å². The van der Waals surface area contributed by atoms with Gasteiger partial charge in [-0.2, -0.15) is 0 Å². The van der Waals surface area contributed by atoms with Crippen molar-refractivity contribution in [1.82, 2.24) is 14.8 Å². The molecule has 10 nitrogen and oxygen atoms in total. The summed E-state index contributed by atoms with van der Waals surface area (Å²) in [5, 5.41) is 10.2. The van der Waals surface area contributed by atoms with Crippen LogP contribution in [0.15, 0.2) is 77.8 Å². The number of carbonyl (C=O) groups excluding carboxylic acids is 1. The van der Waals surface area contributed by atoms with Crippen LogP contribution in [0.5, 0.6) is 17.2 Å². The topological polar surface area (TPSA) is 111 Å². The van der Waals surface area contributed by atoms with Gasteiger partial charge in [0.05, 0.1) is 43.8 Å². The number of aromatic nitrogens is 1. The molecule has 0 aliphatic carbocycles. The number of carbonyl (C=O) groups is 2. The van der Waals surface area contributed by atoms with E-state index in [1.165, 1.54) is 18.9 Å². The summed E-state index contributed by atoms with van der Waals surface area (Å²) in [7, 11) is 1.53. The number of thiocarbonyl (C=S) groups is 1. The molecule has 49 heavy (non-hydrogen) atoms. The highest BCUT2D eigenvalue weighted by atomic mass is 32.2. The Morgan fingerprint density at radius 2 is 1.78 bits per heavy atom. The van der Waals surface area contributed by atoms with Crippen molar-refractivity contribution in [1.29, 1.82) is 0 Å². The number of methoxy groups -OCH3 is 1. The number of fused-ring (bicyclic) bond motifs is 1. The number of benzene rings is 3. The van der Waals surface area contributed by atoms with E-state index < -0.39 is 5.97 Å². The van der Waals surface area contributed by atoms with E-state index in [9.17, 15) is 9.59 Å². The molecule has 0 saturated carbocycles. The van der Waals surface area contributed by atoms with Crippen LogP contribution < -0.4 is 14.2 Å². The summed E-state index contributed by atoms with van der Waals surface area (Å²) < 4.78 is 23.5. The van der Waals surface area contributed by atoms with Crippen LogP contribution in [0, 0.1) is 0 Å². The smallest absolute Gasteiger partial charge is 0.307 e. The fourth-order valence-electron chi connectivity index (χ4n) is 5.67. The predicted octanol–water partition coefficient (Wildman–Crippen LogP) is 5.92. The lowest BCUT2D eigenvalue weighted by atomic mass is 10.0. The van der Waals surface area contributed by atoms with Crippen molar-refractivity contribution >= 4 is 57.2 Å². The molecule has 3 aromatic carbocycles. The highest BCUT2D eigenvalue weighted by Crippen LogP contribution is 2.36. The van der Waals surface area contributed by atoms with Crippen LogP contribution in [-0.4, -0.2) is 95.8 Å². The SMILES string of the molecule is COc1ccc(CC(=O)O)cc1OCCCN1C(=O)C(=Cc2cc(-c3cnc4ccccc4c3)ccc2OCCN2CCOCC2)SC1=S. The standard InChI is InChI=1S/C37H37N3O7S2/c1-44-32-9-7-25(20-35(41)42)19-33(32)46-15-4-11-40-36(43)34(49-37(40)48)23-28-21-26(29-22-27-5-2-3-6-30(27)38-24-29)8-10-31(28)47-18-14-39-12-16-45-17-13-39/h2-3,5-10,19,21-24H,4,11-18,20H2,1H3,(H,41,42). The van der Waals surface area contributed by atoms with Crippen molar-refractivity contribution in [3.8, 4) is 28.4 Å². The van der Waals surface area contributed by atoms with E-state index >= 15 is 0 Å². The van der Waals surface area contributed by atoms with E-state index in [0.717, 1.165) is 60.4 Å². The minimum Gasteiger partial charge on any atom is -0.493 e. The van der Waals surface area contributed by atoms with Crippen molar-refractivity contribution in [2.75, 3.05) is 59.7 Å². The first kappa shape index (κ1) is 34.4. The Morgan fingerprint density at radius 1 is 0.980 bits per heavy atom. The lowest BCUT2D eigenvalue weighted by molar-refractivity contribution is -0.136. The minimum atomic E-state index is -0.928. The molecule has 2 saturated heterocycles. The van der Waals surface area contributed by atoms with Crippen LogP contribution in [-0.2, 0) is 20.7 Å². The van der Waals surface area contributed by atoms with Gasteiger partial charge in [0.1, 0.15) is 16.7 Å². The Hall–Kier alpha value is -4.49. The maximum atomic E-state index is 13.6. The Morgan fingerprint density at radius 3 is 2.59 bits per heavy atom. The van der Waals surface area contributed by atoms with E-state index in [0.29, 0.717) is 51.6 Å². The summed E-state index contributed by atoms with van der Waals surface area (Å²) in [5.74, 6) is 0.542. The fourth-order valence-corrected chi connectivity index (χ4v) is 6.97. The molecular formula is C37H37N3O7S2. The number of pyridine rings is 1. The third-order valence-electron chi connectivity index (χ3n) is 8.23. The minimum absolute atomic E-state index is 0.119. The highest BCUT2D eigenvalue weighted by molar-refractivity contribution is 8.26. The molecule has 0 bridgehead atoms. The molecule has 4 aromatic rings. The largest absolute Gasteiger partial charge is 0.493 e. The molecule has 3 heterocycles. The van der Waals surface area contributed by atoms with Crippen molar-refractivity contribution in [2.24, 2.45) is 0 Å². The maximum absolute atomic E-state index is 13.6. The van der Waals surface area contributed by atoms with Gasteiger partial charge < -0.3 is 24.1 Å². The third-order valence-corrected chi connectivity index (χ3v) is 9.61. The molecule has 0 atom stereocenters. The lowest BCUT2D eigenvalue weighted by Gasteiger charge is -2.26. The first-order valence-electron chi connectivity index (χ1n) is 16.1. The van der Waals surface area contributed by atoms with Crippen molar-refractivity contribution in [2.45, 2.75) is 12.8 Å². The van der Waals surface area contributed by atoms with Crippen LogP contribution in [0.3, 0.4) is 0 Å². The third kappa shape index (κ3) is 8.76. The van der Waals surface area contributed by atoms with Gasteiger partial charge in [0.25, 0.3) is 5.91 Å². The second-order valence-electron chi connectivity index (χ2n) is 11.6. The second kappa shape index (κ2) is 16.3. The van der Waals surface area contributed by atoms with Crippen LogP contribution >= 0.6 is 24.0 Å². The Kier molecular flexibility index (Phi) is 11.4. The first-order chi connectivity index (χ1) is 23.9. The van der Waals surface area contributed by atoms with E-state index in [-0.39, 0.29) is 18.9 Å². The molecule has 2 aliphatic heterocycles. The summed E-state index contributed by atoms with van der Waals surface area (Å²) in [6.45, 7) is 5.13. The van der Waals surface area contributed by atoms with Crippen LogP contribution in [0.2, 0.25) is 0 Å². The monoisotopic (exact) mass is 699 g/mol. The van der Waals surface area contributed by atoms with Gasteiger partial charge in [0, 0.05) is 48.9 Å². The average Bonchev–Trinajstić information content (AvgIpc) is 3.38. The Bertz CT molecular complexity index is 1880. The van der Waals surface area contributed by atoms with E-state index in [4.69, 9.17) is 36.3 Å². The zero-order valence-electron chi connectivity index (χ0n) is 27.1. The molecule has 1 aromatic heterocycles. The predicted molar refractivity (Wildman–Crippen MR) is 194 cm³/mol. The molecule has 12 heteroatoms. The van der Waals surface area contributed by atoms with E-state index in [1.54, 1.807) is 23.1 Å². The lowest BCUT2D eigenvalue weighted by Crippen LogP contribution is -2.38.